The van der Waals surface area contributed by atoms with Crippen molar-refractivity contribution in [1.29, 1.82) is 0 Å². The minimum absolute atomic E-state index is 0.654. The summed E-state index contributed by atoms with van der Waals surface area (Å²) in [6, 6.07) is 0. The molecule has 0 heterocycles. The Balaban J connectivity index is 3.85. The smallest absolute Gasteiger partial charge is 0.0144 e. The molecule has 0 aromatic heterocycles. The van der Waals surface area contributed by atoms with Crippen LogP contribution in [0.4, 0.5) is 0 Å². The van der Waals surface area contributed by atoms with Gasteiger partial charge in [0.15, 0.2) is 0 Å². The molecule has 0 amide bonds. The molecule has 0 aliphatic heterocycles. The van der Waals surface area contributed by atoms with E-state index in [2.05, 4.69) is 45.6 Å². The third kappa shape index (κ3) is 5.96. The van der Waals surface area contributed by atoms with Crippen molar-refractivity contribution < 1.29 is 0 Å². The fourth-order valence-electron chi connectivity index (χ4n) is 1.20. The van der Waals surface area contributed by atoms with Crippen LogP contribution in [0.15, 0.2) is 36.5 Å². The second-order valence-electron chi connectivity index (χ2n) is 3.29. The molecule has 0 aromatic carbocycles. The molecule has 0 aliphatic carbocycles. The van der Waals surface area contributed by atoms with E-state index in [1.54, 1.807) is 0 Å². The van der Waals surface area contributed by atoms with E-state index in [9.17, 15) is 0 Å². The average molecular weight is 164 g/mol. The van der Waals surface area contributed by atoms with Gasteiger partial charge in [0.1, 0.15) is 0 Å². The Kier molecular flexibility index (Phi) is 6.45. The number of allylic oxidation sites excluding steroid dienone is 5. The van der Waals surface area contributed by atoms with E-state index in [1.165, 1.54) is 5.57 Å². The maximum atomic E-state index is 3.72. The summed E-state index contributed by atoms with van der Waals surface area (Å²) in [7, 11) is 0. The lowest BCUT2D eigenvalue weighted by molar-refractivity contribution is 0.734. The second kappa shape index (κ2) is 6.90. The average Bonchev–Trinajstić information content (AvgIpc) is 2.01. The lowest BCUT2D eigenvalue weighted by Gasteiger charge is -2.03. The van der Waals surface area contributed by atoms with E-state index in [-0.39, 0.29) is 0 Å². The lowest BCUT2D eigenvalue weighted by Crippen LogP contribution is -1.88. The molecule has 0 spiro atoms. The van der Waals surface area contributed by atoms with Gasteiger partial charge in [-0.2, -0.15) is 0 Å². The van der Waals surface area contributed by atoms with Crippen LogP contribution in [0, 0.1) is 5.92 Å². The van der Waals surface area contributed by atoms with Gasteiger partial charge in [-0.1, -0.05) is 36.8 Å². The molecule has 1 unspecified atom stereocenters. The molecule has 12 heavy (non-hydrogen) atoms. The van der Waals surface area contributed by atoms with Crippen LogP contribution in [0.5, 0.6) is 0 Å². The van der Waals surface area contributed by atoms with Gasteiger partial charge in [-0.25, -0.2) is 0 Å². The van der Waals surface area contributed by atoms with Crippen molar-refractivity contribution in [2.24, 2.45) is 5.92 Å². The number of rotatable bonds is 5. The molecule has 0 heteroatoms. The summed E-state index contributed by atoms with van der Waals surface area (Å²) in [5, 5.41) is 0. The highest BCUT2D eigenvalue weighted by Gasteiger charge is 1.94. The largest absolute Gasteiger partial charge is 0.103 e. The first-order valence-corrected chi connectivity index (χ1v) is 4.60. The Morgan fingerprint density at radius 2 is 2.17 bits per heavy atom. The van der Waals surface area contributed by atoms with Gasteiger partial charge in [0.25, 0.3) is 0 Å². The van der Waals surface area contributed by atoms with Gasteiger partial charge in [-0.15, -0.1) is 6.58 Å². The predicted octanol–water partition coefficient (Wildman–Crippen LogP) is 4.11. The molecule has 0 aliphatic rings. The summed E-state index contributed by atoms with van der Waals surface area (Å²) in [4.78, 5) is 0. The van der Waals surface area contributed by atoms with Gasteiger partial charge < -0.3 is 0 Å². The fraction of sp³-hybridized carbons (Fsp3) is 0.500. The van der Waals surface area contributed by atoms with Crippen LogP contribution < -0.4 is 0 Å². The zero-order valence-electron chi connectivity index (χ0n) is 8.51. The van der Waals surface area contributed by atoms with Crippen LogP contribution in [0.1, 0.15) is 33.6 Å². The van der Waals surface area contributed by atoms with Crippen LogP contribution in [0.25, 0.3) is 0 Å². The maximum Gasteiger partial charge on any atom is -0.0144 e. The Labute approximate surface area is 76.7 Å². The van der Waals surface area contributed by atoms with E-state index >= 15 is 0 Å². The Hall–Kier alpha value is -0.780. The third-order valence-corrected chi connectivity index (χ3v) is 1.78. The molecule has 68 valence electrons. The van der Waals surface area contributed by atoms with Crippen molar-refractivity contribution in [2.75, 3.05) is 0 Å². The van der Waals surface area contributed by atoms with E-state index < -0.39 is 0 Å². The molecule has 1 atom stereocenters. The van der Waals surface area contributed by atoms with Crippen LogP contribution in [-0.2, 0) is 0 Å². The maximum absolute atomic E-state index is 3.72. The molecule has 0 bridgehead atoms. The summed E-state index contributed by atoms with van der Waals surface area (Å²) < 4.78 is 0. The van der Waals surface area contributed by atoms with Gasteiger partial charge in [0, 0.05) is 0 Å². The predicted molar refractivity (Wildman–Crippen MR) is 57.2 cm³/mol. The summed E-state index contributed by atoms with van der Waals surface area (Å²) in [5.41, 5.74) is 1.42. The van der Waals surface area contributed by atoms with Gasteiger partial charge in [0.05, 0.1) is 0 Å². The molecule has 0 saturated carbocycles. The topological polar surface area (TPSA) is 0 Å². The Morgan fingerprint density at radius 1 is 1.50 bits per heavy atom. The Bertz CT molecular complexity index is 172. The zero-order chi connectivity index (χ0) is 9.40. The molecule has 0 N–H and O–H groups in total. The van der Waals surface area contributed by atoms with Crippen molar-refractivity contribution in [2.45, 2.75) is 33.6 Å². The monoisotopic (exact) mass is 164 g/mol. The fourth-order valence-corrected chi connectivity index (χ4v) is 1.20. The summed E-state index contributed by atoms with van der Waals surface area (Å²) in [5.74, 6) is 0.654. The molecule has 0 radical (unpaired) electrons. The number of hydrogen-bond donors (Lipinski definition) is 0. The van der Waals surface area contributed by atoms with Gasteiger partial charge >= 0.3 is 0 Å². The van der Waals surface area contributed by atoms with Crippen LogP contribution >= 0.6 is 0 Å². The second-order valence-corrected chi connectivity index (χ2v) is 3.29. The van der Waals surface area contributed by atoms with Gasteiger partial charge in [-0.3, -0.25) is 0 Å². The highest BCUT2D eigenvalue weighted by molar-refractivity contribution is 5.05. The quantitative estimate of drug-likeness (QED) is 0.536. The molecule has 0 saturated heterocycles. The van der Waals surface area contributed by atoms with Crippen molar-refractivity contribution in [1.82, 2.24) is 0 Å². The van der Waals surface area contributed by atoms with Crippen molar-refractivity contribution in [3.63, 3.8) is 0 Å². The van der Waals surface area contributed by atoms with Crippen molar-refractivity contribution in [3.8, 4) is 0 Å². The molecule has 0 aromatic rings. The first-order valence-electron chi connectivity index (χ1n) is 4.60. The van der Waals surface area contributed by atoms with Crippen molar-refractivity contribution >= 4 is 0 Å². The van der Waals surface area contributed by atoms with Crippen LogP contribution in [0.3, 0.4) is 0 Å². The number of hydrogen-bond acceptors (Lipinski definition) is 0. The van der Waals surface area contributed by atoms with E-state index in [1.807, 2.05) is 6.08 Å². The SMILES string of the molecule is C=CC/C(C)=C/C(C)C/C=C/C. The molecule has 0 nitrogen and oxygen atoms in total. The van der Waals surface area contributed by atoms with Crippen molar-refractivity contribution in [3.05, 3.63) is 36.5 Å². The van der Waals surface area contributed by atoms with Crippen LogP contribution in [0.2, 0.25) is 0 Å². The highest BCUT2D eigenvalue weighted by atomic mass is 14.0. The molecular formula is C12H20. The first kappa shape index (κ1) is 11.2. The van der Waals surface area contributed by atoms with Gasteiger partial charge in [-0.05, 0) is 32.6 Å². The summed E-state index contributed by atoms with van der Waals surface area (Å²) in [6.45, 7) is 10.2. The van der Waals surface area contributed by atoms with E-state index in [0.29, 0.717) is 5.92 Å². The third-order valence-electron chi connectivity index (χ3n) is 1.78. The lowest BCUT2D eigenvalue weighted by atomic mass is 10.0. The minimum Gasteiger partial charge on any atom is -0.103 e. The highest BCUT2D eigenvalue weighted by Crippen LogP contribution is 2.10. The summed E-state index contributed by atoms with van der Waals surface area (Å²) in [6.07, 6.45) is 10.7. The minimum atomic E-state index is 0.654. The standard InChI is InChI=1S/C12H20/c1-5-7-9-12(4)10-11(3)8-6-2/h5-7,10,12H,2,8-9H2,1,3-4H3/b7-5+,11-10+. The Morgan fingerprint density at radius 3 is 2.67 bits per heavy atom. The molecular weight excluding hydrogens is 144 g/mol. The molecule has 0 rings (SSSR count). The normalized spacial score (nSPS) is 15.1. The van der Waals surface area contributed by atoms with E-state index in [0.717, 1.165) is 12.8 Å². The van der Waals surface area contributed by atoms with Gasteiger partial charge in [0.2, 0.25) is 0 Å². The first-order chi connectivity index (χ1) is 5.70. The van der Waals surface area contributed by atoms with Crippen LogP contribution in [-0.4, -0.2) is 0 Å². The van der Waals surface area contributed by atoms with E-state index in [4.69, 9.17) is 0 Å². The molecule has 0 fully saturated rings. The zero-order valence-corrected chi connectivity index (χ0v) is 8.51. The summed E-state index contributed by atoms with van der Waals surface area (Å²) >= 11 is 0.